The van der Waals surface area contributed by atoms with Gasteiger partial charge in [-0.15, -0.1) is 0 Å². The van der Waals surface area contributed by atoms with Crippen LogP contribution in [0.1, 0.15) is 29.2 Å². The lowest BCUT2D eigenvalue weighted by atomic mass is 9.85. The highest BCUT2D eigenvalue weighted by Crippen LogP contribution is 2.46. The van der Waals surface area contributed by atoms with Crippen molar-refractivity contribution in [2.45, 2.75) is 26.7 Å². The number of H-pyrrole nitrogens is 1. The minimum Gasteiger partial charge on any atom is -0.477 e. The lowest BCUT2D eigenvalue weighted by Gasteiger charge is -2.23. The van der Waals surface area contributed by atoms with Gasteiger partial charge in [0, 0.05) is 27.4 Å². The van der Waals surface area contributed by atoms with Gasteiger partial charge >= 0.3 is 0 Å². The maximum atomic E-state index is 10.4. The predicted molar refractivity (Wildman–Crippen MR) is 153 cm³/mol. The van der Waals surface area contributed by atoms with Crippen LogP contribution in [0.3, 0.4) is 0 Å². The van der Waals surface area contributed by atoms with Gasteiger partial charge in [-0.1, -0.05) is 53.6 Å². The van der Waals surface area contributed by atoms with Crippen molar-refractivity contribution in [1.29, 1.82) is 5.26 Å². The van der Waals surface area contributed by atoms with Crippen LogP contribution in [-0.4, -0.2) is 21.6 Å². The van der Waals surface area contributed by atoms with E-state index in [1.165, 1.54) is 16.5 Å². The SMILES string of the molecule is CCOc1nc2c(c(-c3cc4c(ccc5ccccc54)nc3Cl)c1C#N)CCc1c-2[nH]c2ccc(C)cc12. The molecule has 0 unspecified atom stereocenters. The first-order valence-electron chi connectivity index (χ1n) is 12.8. The summed E-state index contributed by atoms with van der Waals surface area (Å²) >= 11 is 6.88. The second kappa shape index (κ2) is 8.58. The van der Waals surface area contributed by atoms with Crippen molar-refractivity contribution in [1.82, 2.24) is 15.0 Å². The Morgan fingerprint density at radius 1 is 0.974 bits per heavy atom. The maximum Gasteiger partial charge on any atom is 0.232 e. The fourth-order valence-electron chi connectivity index (χ4n) is 5.85. The molecule has 0 atom stereocenters. The monoisotopic (exact) mass is 514 g/mol. The molecule has 0 fully saturated rings. The zero-order chi connectivity index (χ0) is 26.0. The van der Waals surface area contributed by atoms with Crippen molar-refractivity contribution in [3.05, 3.63) is 88.1 Å². The van der Waals surface area contributed by atoms with Crippen molar-refractivity contribution in [2.75, 3.05) is 6.61 Å². The Labute approximate surface area is 224 Å². The van der Waals surface area contributed by atoms with Crippen LogP contribution in [0.15, 0.2) is 60.7 Å². The van der Waals surface area contributed by atoms with Crippen LogP contribution >= 0.6 is 11.6 Å². The quantitative estimate of drug-likeness (QED) is 0.192. The van der Waals surface area contributed by atoms with E-state index in [0.29, 0.717) is 23.2 Å². The molecule has 0 bridgehead atoms. The molecule has 1 aliphatic carbocycles. The molecule has 1 aliphatic rings. The number of rotatable bonds is 3. The molecule has 6 heteroatoms. The molecule has 38 heavy (non-hydrogen) atoms. The number of aromatic nitrogens is 3. The highest BCUT2D eigenvalue weighted by atomic mass is 35.5. The summed E-state index contributed by atoms with van der Waals surface area (Å²) in [5.41, 5.74) is 9.02. The van der Waals surface area contributed by atoms with E-state index in [-0.39, 0.29) is 0 Å². The van der Waals surface area contributed by atoms with Crippen LogP contribution in [0.5, 0.6) is 5.88 Å². The molecule has 3 aromatic heterocycles. The van der Waals surface area contributed by atoms with E-state index in [1.54, 1.807) is 0 Å². The number of benzene rings is 3. The van der Waals surface area contributed by atoms with Crippen LogP contribution in [-0.2, 0) is 12.8 Å². The molecular weight excluding hydrogens is 492 g/mol. The van der Waals surface area contributed by atoms with Crippen molar-refractivity contribution >= 4 is 44.2 Å². The zero-order valence-corrected chi connectivity index (χ0v) is 21.8. The van der Waals surface area contributed by atoms with E-state index >= 15 is 0 Å². The number of nitriles is 1. The number of hydrogen-bond donors (Lipinski definition) is 1. The Balaban J connectivity index is 1.57. The molecule has 5 nitrogen and oxygen atoms in total. The van der Waals surface area contributed by atoms with E-state index < -0.39 is 0 Å². The number of halogens is 1. The molecule has 7 rings (SSSR count). The lowest BCUT2D eigenvalue weighted by molar-refractivity contribution is 0.326. The number of aryl methyl sites for hydroxylation is 2. The van der Waals surface area contributed by atoms with Gasteiger partial charge in [-0.2, -0.15) is 5.26 Å². The summed E-state index contributed by atoms with van der Waals surface area (Å²) in [6, 6.07) is 23.2. The Hall–Kier alpha value is -4.40. The second-order valence-electron chi connectivity index (χ2n) is 9.75. The van der Waals surface area contributed by atoms with Crippen LogP contribution in [0.2, 0.25) is 5.15 Å². The van der Waals surface area contributed by atoms with E-state index in [9.17, 15) is 5.26 Å². The topological polar surface area (TPSA) is 74.6 Å². The minimum absolute atomic E-state index is 0.320. The molecule has 0 amide bonds. The molecule has 0 saturated carbocycles. The fourth-order valence-corrected chi connectivity index (χ4v) is 6.09. The number of nitrogens with one attached hydrogen (secondary N) is 1. The Morgan fingerprint density at radius 3 is 2.66 bits per heavy atom. The maximum absolute atomic E-state index is 10.4. The average molecular weight is 515 g/mol. The highest BCUT2D eigenvalue weighted by Gasteiger charge is 2.30. The molecule has 1 N–H and O–H groups in total. The molecule has 0 radical (unpaired) electrons. The van der Waals surface area contributed by atoms with Crippen LogP contribution in [0.4, 0.5) is 0 Å². The second-order valence-corrected chi connectivity index (χ2v) is 10.1. The van der Waals surface area contributed by atoms with E-state index in [1.807, 2.05) is 25.1 Å². The first kappa shape index (κ1) is 22.8. The summed E-state index contributed by atoms with van der Waals surface area (Å²) in [5.74, 6) is 0.320. The number of ether oxygens (including phenoxy) is 1. The number of pyridine rings is 2. The third kappa shape index (κ3) is 3.31. The number of nitrogens with zero attached hydrogens (tertiary/aromatic N) is 3. The lowest BCUT2D eigenvalue weighted by Crippen LogP contribution is -2.11. The van der Waals surface area contributed by atoms with Gasteiger partial charge in [-0.05, 0) is 72.9 Å². The van der Waals surface area contributed by atoms with Crippen molar-refractivity contribution < 1.29 is 4.74 Å². The van der Waals surface area contributed by atoms with Gasteiger partial charge in [0.25, 0.3) is 0 Å². The molecule has 0 saturated heterocycles. The van der Waals surface area contributed by atoms with E-state index in [4.69, 9.17) is 26.3 Å². The number of fused-ring (bicyclic) bond motifs is 8. The zero-order valence-electron chi connectivity index (χ0n) is 21.0. The molecule has 6 aromatic rings. The molecule has 0 aliphatic heterocycles. The number of hydrogen-bond acceptors (Lipinski definition) is 4. The van der Waals surface area contributed by atoms with Crippen LogP contribution in [0.25, 0.3) is 55.1 Å². The smallest absolute Gasteiger partial charge is 0.232 e. The van der Waals surface area contributed by atoms with Crippen molar-refractivity contribution in [2.24, 2.45) is 0 Å². The first-order chi connectivity index (χ1) is 18.6. The van der Waals surface area contributed by atoms with Gasteiger partial charge in [-0.25, -0.2) is 9.97 Å². The Bertz CT molecular complexity index is 1980. The third-order valence-corrected chi connectivity index (χ3v) is 7.82. The van der Waals surface area contributed by atoms with Gasteiger partial charge < -0.3 is 9.72 Å². The van der Waals surface area contributed by atoms with Crippen molar-refractivity contribution in [3.8, 4) is 34.5 Å². The summed E-state index contributed by atoms with van der Waals surface area (Å²) in [7, 11) is 0. The van der Waals surface area contributed by atoms with Gasteiger partial charge in [0.05, 0.1) is 23.5 Å². The Morgan fingerprint density at radius 2 is 1.82 bits per heavy atom. The van der Waals surface area contributed by atoms with E-state index in [2.05, 4.69) is 60.4 Å². The van der Waals surface area contributed by atoms with Crippen LogP contribution in [0, 0.1) is 18.3 Å². The van der Waals surface area contributed by atoms with Gasteiger partial charge in [0.2, 0.25) is 5.88 Å². The van der Waals surface area contributed by atoms with E-state index in [0.717, 1.165) is 68.1 Å². The molecule has 3 aromatic carbocycles. The molecule has 184 valence electrons. The summed E-state index contributed by atoms with van der Waals surface area (Å²) in [6.45, 7) is 4.40. The predicted octanol–water partition coefficient (Wildman–Crippen LogP) is 7.93. The average Bonchev–Trinajstić information content (AvgIpc) is 3.30. The minimum atomic E-state index is 0.320. The van der Waals surface area contributed by atoms with Crippen molar-refractivity contribution in [3.63, 3.8) is 0 Å². The molecular formula is C32H23ClN4O. The standard InChI is InChI=1S/C32H23ClN4O/c1-3-38-32-25(16-34)28(24-15-23-19-7-5-4-6-18(19)9-13-27(23)36-31(24)33)21-11-10-20-22-14-17(2)8-12-26(22)35-29(20)30(21)37-32/h4-9,12-15,35H,3,10-11H2,1-2H3. The summed E-state index contributed by atoms with van der Waals surface area (Å²) in [5, 5.41) is 15.2. The first-order valence-corrected chi connectivity index (χ1v) is 13.1. The Kier molecular flexibility index (Phi) is 5.14. The van der Waals surface area contributed by atoms with Crippen LogP contribution < -0.4 is 4.74 Å². The van der Waals surface area contributed by atoms with Gasteiger partial charge in [0.1, 0.15) is 16.8 Å². The summed E-state index contributed by atoms with van der Waals surface area (Å²) in [6.07, 6.45) is 1.57. The van der Waals surface area contributed by atoms with Gasteiger partial charge in [-0.3, -0.25) is 0 Å². The highest BCUT2D eigenvalue weighted by molar-refractivity contribution is 6.33. The molecule has 3 heterocycles. The van der Waals surface area contributed by atoms with Gasteiger partial charge in [0.15, 0.2) is 0 Å². The largest absolute Gasteiger partial charge is 0.477 e. The summed E-state index contributed by atoms with van der Waals surface area (Å²) in [4.78, 5) is 13.3. The number of aromatic amines is 1. The normalized spacial score (nSPS) is 12.5. The summed E-state index contributed by atoms with van der Waals surface area (Å²) < 4.78 is 5.95. The third-order valence-electron chi connectivity index (χ3n) is 7.53. The fraction of sp³-hybridized carbons (Fsp3) is 0.156. The molecule has 0 spiro atoms.